The summed E-state index contributed by atoms with van der Waals surface area (Å²) >= 11 is 0. The molecule has 0 aliphatic carbocycles. The summed E-state index contributed by atoms with van der Waals surface area (Å²) < 4.78 is 1.56. The summed E-state index contributed by atoms with van der Waals surface area (Å²) in [6.45, 7) is 1.32. The molecule has 1 aromatic carbocycles. The predicted octanol–water partition coefficient (Wildman–Crippen LogP) is 1.17. The molecule has 6 nitrogen and oxygen atoms in total. The Balaban J connectivity index is 2.40. The van der Waals surface area contributed by atoms with Crippen molar-refractivity contribution >= 4 is 12.0 Å². The van der Waals surface area contributed by atoms with Crippen LogP contribution in [0.25, 0.3) is 0 Å². The third-order valence-electron chi connectivity index (χ3n) is 3.45. The maximum absolute atomic E-state index is 12.3. The lowest BCUT2D eigenvalue weighted by atomic mass is 10.1. The van der Waals surface area contributed by atoms with Crippen molar-refractivity contribution in [1.82, 2.24) is 0 Å². The molecule has 22 heavy (non-hydrogen) atoms. The number of carbonyl (C=O) groups excluding carboxylic acids is 1. The van der Waals surface area contributed by atoms with Crippen molar-refractivity contribution in [3.63, 3.8) is 0 Å². The van der Waals surface area contributed by atoms with Gasteiger partial charge in [0, 0.05) is 12.5 Å². The smallest absolute Gasteiger partial charge is 0.227 e. The minimum absolute atomic E-state index is 0.0347. The number of nitrogens with zero attached hydrogens (tertiary/aromatic N) is 2. The van der Waals surface area contributed by atoms with Crippen LogP contribution in [0.1, 0.15) is 27.2 Å². The van der Waals surface area contributed by atoms with Crippen molar-refractivity contribution in [1.29, 1.82) is 0 Å². The van der Waals surface area contributed by atoms with Crippen LogP contribution in [0, 0.1) is 6.92 Å². The van der Waals surface area contributed by atoms with Crippen LogP contribution >= 0.6 is 0 Å². The molecule has 0 saturated heterocycles. The van der Waals surface area contributed by atoms with Gasteiger partial charge in [0.25, 0.3) is 0 Å². The second-order valence-corrected chi connectivity index (χ2v) is 4.82. The van der Waals surface area contributed by atoms with Gasteiger partial charge in [-0.25, -0.2) is 0 Å². The second kappa shape index (κ2) is 6.82. The number of oxime groups is 1. The Labute approximate surface area is 127 Å². The van der Waals surface area contributed by atoms with E-state index < -0.39 is 0 Å². The van der Waals surface area contributed by atoms with Gasteiger partial charge in [-0.05, 0) is 0 Å². The molecule has 0 fully saturated rings. The molecule has 0 aliphatic rings. The molecule has 1 heterocycles. The normalized spacial score (nSPS) is 11.0. The number of benzene rings is 1. The van der Waals surface area contributed by atoms with Gasteiger partial charge in [-0.15, -0.1) is 0 Å². The zero-order valence-corrected chi connectivity index (χ0v) is 12.1. The molecule has 3 N–H and O–H groups in total. The number of hydrogen-bond donors (Lipinski definition) is 3. The lowest BCUT2D eigenvalue weighted by molar-refractivity contribution is -0.690. The van der Waals surface area contributed by atoms with E-state index in [-0.39, 0.29) is 30.2 Å². The van der Waals surface area contributed by atoms with Crippen molar-refractivity contribution in [2.45, 2.75) is 20.1 Å². The average molecular weight is 301 g/mol. The van der Waals surface area contributed by atoms with Crippen LogP contribution in [0.5, 0.6) is 5.75 Å². The van der Waals surface area contributed by atoms with E-state index in [9.17, 15) is 15.0 Å². The standard InChI is InChI=1S/C16H16N2O4/c1-11-16(21)14(7-17-22)13(10-19)8-18(11)9-15(20)12-5-3-2-4-6-12/h2-8,19,21H,9-10H2,1H3/p+1. The number of carbonyl (C=O) groups is 1. The third kappa shape index (κ3) is 3.12. The van der Waals surface area contributed by atoms with Gasteiger partial charge in [0.1, 0.15) is 0 Å². The van der Waals surface area contributed by atoms with E-state index >= 15 is 0 Å². The monoisotopic (exact) mass is 301 g/mol. The minimum atomic E-state index is -0.352. The van der Waals surface area contributed by atoms with E-state index in [1.54, 1.807) is 42.0 Å². The van der Waals surface area contributed by atoms with E-state index in [0.717, 1.165) is 6.21 Å². The van der Waals surface area contributed by atoms with E-state index in [1.165, 1.54) is 0 Å². The van der Waals surface area contributed by atoms with Crippen molar-refractivity contribution in [3.05, 3.63) is 58.9 Å². The molecule has 1 aromatic heterocycles. The van der Waals surface area contributed by atoms with Crippen LogP contribution in [-0.2, 0) is 13.2 Å². The molecule has 2 aromatic rings. The highest BCUT2D eigenvalue weighted by Crippen LogP contribution is 2.21. The predicted molar refractivity (Wildman–Crippen MR) is 79.1 cm³/mol. The Kier molecular flexibility index (Phi) is 4.85. The van der Waals surface area contributed by atoms with Gasteiger partial charge in [-0.1, -0.05) is 35.5 Å². The largest absolute Gasteiger partial charge is 0.502 e. The van der Waals surface area contributed by atoms with E-state index in [4.69, 9.17) is 5.21 Å². The maximum atomic E-state index is 12.3. The summed E-state index contributed by atoms with van der Waals surface area (Å²) in [5.41, 5.74) is 1.60. The number of ketones is 1. The fraction of sp³-hybridized carbons (Fsp3) is 0.188. The molecule has 114 valence electrons. The molecule has 0 spiro atoms. The van der Waals surface area contributed by atoms with Gasteiger partial charge in [0.05, 0.1) is 23.9 Å². The first-order valence-corrected chi connectivity index (χ1v) is 6.70. The van der Waals surface area contributed by atoms with Crippen LogP contribution in [0.15, 0.2) is 41.7 Å². The first-order valence-electron chi connectivity index (χ1n) is 6.70. The van der Waals surface area contributed by atoms with E-state index in [0.29, 0.717) is 16.8 Å². The highest BCUT2D eigenvalue weighted by molar-refractivity contribution is 5.95. The number of aromatic nitrogens is 1. The second-order valence-electron chi connectivity index (χ2n) is 4.82. The Bertz CT molecular complexity index is 712. The number of aromatic hydroxyl groups is 1. The molecule has 2 rings (SSSR count). The first-order chi connectivity index (χ1) is 10.6. The molecule has 0 atom stereocenters. The van der Waals surface area contributed by atoms with Gasteiger partial charge in [-0.3, -0.25) is 4.79 Å². The van der Waals surface area contributed by atoms with Crippen LogP contribution in [0.3, 0.4) is 0 Å². The van der Waals surface area contributed by atoms with Gasteiger partial charge in [-0.2, -0.15) is 4.57 Å². The lowest BCUT2D eigenvalue weighted by Crippen LogP contribution is -2.41. The number of rotatable bonds is 5. The molecule has 0 radical (unpaired) electrons. The quantitative estimate of drug-likeness (QED) is 0.254. The molecule has 0 unspecified atom stereocenters. The Morgan fingerprint density at radius 3 is 2.59 bits per heavy atom. The van der Waals surface area contributed by atoms with Crippen LogP contribution in [0.4, 0.5) is 0 Å². The number of aliphatic hydroxyl groups excluding tert-OH is 1. The van der Waals surface area contributed by atoms with Gasteiger partial charge < -0.3 is 15.4 Å². The highest BCUT2D eigenvalue weighted by Gasteiger charge is 2.22. The maximum Gasteiger partial charge on any atom is 0.227 e. The van der Waals surface area contributed by atoms with Crippen molar-refractivity contribution < 1.29 is 24.8 Å². The van der Waals surface area contributed by atoms with Gasteiger partial charge in [0.15, 0.2) is 11.9 Å². The van der Waals surface area contributed by atoms with E-state index in [2.05, 4.69) is 5.16 Å². The van der Waals surface area contributed by atoms with Gasteiger partial charge in [0.2, 0.25) is 18.0 Å². The SMILES string of the molecule is Cc1c(O)c(C=NO)c(CO)c[n+]1CC(=O)c1ccccc1. The van der Waals surface area contributed by atoms with Crippen LogP contribution in [0.2, 0.25) is 0 Å². The summed E-state index contributed by atoms with van der Waals surface area (Å²) in [6, 6.07) is 8.83. The number of Topliss-reactive ketones (excluding diaryl/α,β-unsaturated/α-hetero) is 1. The third-order valence-corrected chi connectivity index (χ3v) is 3.45. The zero-order chi connectivity index (χ0) is 16.1. The average Bonchev–Trinajstić information content (AvgIpc) is 2.55. The Hall–Kier alpha value is -2.73. The summed E-state index contributed by atoms with van der Waals surface area (Å²) in [5.74, 6) is -0.245. The highest BCUT2D eigenvalue weighted by atomic mass is 16.4. The minimum Gasteiger partial charge on any atom is -0.502 e. The Morgan fingerprint density at radius 1 is 1.32 bits per heavy atom. The van der Waals surface area contributed by atoms with Gasteiger partial charge >= 0.3 is 0 Å². The summed E-state index contributed by atoms with van der Waals surface area (Å²) in [4.78, 5) is 12.3. The van der Waals surface area contributed by atoms with E-state index in [1.807, 2.05) is 6.07 Å². The number of hydrogen-bond acceptors (Lipinski definition) is 5. The molecule has 0 bridgehead atoms. The summed E-state index contributed by atoms with van der Waals surface area (Å²) in [7, 11) is 0. The zero-order valence-electron chi connectivity index (χ0n) is 12.1. The van der Waals surface area contributed by atoms with Crippen molar-refractivity contribution in [3.8, 4) is 5.75 Å². The van der Waals surface area contributed by atoms with Crippen LogP contribution in [-0.4, -0.2) is 27.4 Å². The lowest BCUT2D eigenvalue weighted by Gasteiger charge is -2.08. The first kappa shape index (κ1) is 15.7. The Morgan fingerprint density at radius 2 is 2.00 bits per heavy atom. The van der Waals surface area contributed by atoms with Crippen LogP contribution < -0.4 is 4.57 Å². The molecular formula is C16H17N2O4+. The molecule has 0 amide bonds. The number of pyridine rings is 1. The summed E-state index contributed by atoms with van der Waals surface area (Å²) in [5, 5.41) is 31.1. The topological polar surface area (TPSA) is 94.0 Å². The molecule has 0 saturated carbocycles. The van der Waals surface area contributed by atoms with Crippen molar-refractivity contribution in [2.24, 2.45) is 5.16 Å². The number of aliphatic hydroxyl groups is 1. The molecular weight excluding hydrogens is 284 g/mol. The fourth-order valence-corrected chi connectivity index (χ4v) is 2.20. The summed E-state index contributed by atoms with van der Waals surface area (Å²) in [6.07, 6.45) is 2.62. The molecule has 6 heteroatoms. The van der Waals surface area contributed by atoms with Crippen molar-refractivity contribution in [2.75, 3.05) is 0 Å². The molecule has 0 aliphatic heterocycles. The fourth-order valence-electron chi connectivity index (χ4n) is 2.20.